The van der Waals surface area contributed by atoms with Crippen molar-refractivity contribution in [1.29, 1.82) is 0 Å². The van der Waals surface area contributed by atoms with Gasteiger partial charge < -0.3 is 15.7 Å². The first kappa shape index (κ1) is 19.2. The molecule has 2 amide bonds. The number of carbonyl (C=O) groups excluding carboxylic acids is 1. The van der Waals surface area contributed by atoms with Gasteiger partial charge in [-0.05, 0) is 24.1 Å². The van der Waals surface area contributed by atoms with Crippen molar-refractivity contribution < 1.29 is 9.90 Å². The molecule has 130 valence electrons. The van der Waals surface area contributed by atoms with Gasteiger partial charge in [0.1, 0.15) is 4.21 Å². The van der Waals surface area contributed by atoms with Crippen molar-refractivity contribution in [1.82, 2.24) is 4.31 Å². The number of aromatic hydroxyl groups is 1. The number of benzene rings is 1. The highest BCUT2D eigenvalue weighted by molar-refractivity contribution is 7.99. The Hall–Kier alpha value is -1.12. The van der Waals surface area contributed by atoms with Gasteiger partial charge in [-0.2, -0.15) is 0 Å². The van der Waals surface area contributed by atoms with Crippen LogP contribution in [0.3, 0.4) is 0 Å². The fourth-order valence-electron chi connectivity index (χ4n) is 1.83. The molecule has 5 nitrogen and oxygen atoms in total. The quantitative estimate of drug-likeness (QED) is 0.534. The summed E-state index contributed by atoms with van der Waals surface area (Å²) in [5.41, 5.74) is 0.749. The molecule has 0 aliphatic heterocycles. The van der Waals surface area contributed by atoms with Crippen LogP contribution < -0.4 is 10.6 Å². The van der Waals surface area contributed by atoms with E-state index < -0.39 is 6.03 Å². The summed E-state index contributed by atoms with van der Waals surface area (Å²) in [5.74, 6) is 0.0595. The van der Waals surface area contributed by atoms with Crippen LogP contribution in [0.2, 0.25) is 10.0 Å². The molecule has 2 aromatic rings. The summed E-state index contributed by atoms with van der Waals surface area (Å²) < 4.78 is 2.83. The van der Waals surface area contributed by atoms with Crippen LogP contribution in [0.25, 0.3) is 0 Å². The second-order valence-corrected chi connectivity index (χ2v) is 7.70. The van der Waals surface area contributed by atoms with Gasteiger partial charge in [-0.3, -0.25) is 0 Å². The number of nitrogens with zero attached hydrogens (tertiary/aromatic N) is 1. The first-order valence-electron chi connectivity index (χ1n) is 7.21. The maximum Gasteiger partial charge on any atom is 0.323 e. The molecule has 1 aromatic heterocycles. The monoisotopic (exact) mass is 405 g/mol. The van der Waals surface area contributed by atoms with Gasteiger partial charge in [0.15, 0.2) is 5.75 Å². The van der Waals surface area contributed by atoms with Gasteiger partial charge in [-0.15, -0.1) is 11.3 Å². The van der Waals surface area contributed by atoms with Crippen LogP contribution in [0, 0.1) is 0 Å². The molecule has 0 fully saturated rings. The number of hydrogen-bond donors (Lipinski definition) is 3. The van der Waals surface area contributed by atoms with E-state index in [1.165, 1.54) is 23.3 Å². The van der Waals surface area contributed by atoms with Gasteiger partial charge in [0.2, 0.25) is 0 Å². The highest BCUT2D eigenvalue weighted by atomic mass is 35.5. The van der Waals surface area contributed by atoms with Gasteiger partial charge >= 0.3 is 6.03 Å². The third-order valence-corrected chi connectivity index (χ3v) is 6.32. The molecule has 0 radical (unpaired) electrons. The molecule has 0 aliphatic rings. The zero-order valence-electron chi connectivity index (χ0n) is 13.1. The Morgan fingerprint density at radius 1 is 1.25 bits per heavy atom. The Balaban J connectivity index is 2.04. The number of halogens is 2. The van der Waals surface area contributed by atoms with Crippen LogP contribution in [-0.4, -0.2) is 28.5 Å². The van der Waals surface area contributed by atoms with Gasteiger partial charge in [-0.25, -0.2) is 9.10 Å². The fraction of sp³-hybridized carbons (Fsp3) is 0.267. The van der Waals surface area contributed by atoms with Gasteiger partial charge in [0.05, 0.1) is 21.4 Å². The average molecular weight is 406 g/mol. The summed E-state index contributed by atoms with van der Waals surface area (Å²) in [6.45, 7) is 5.80. The summed E-state index contributed by atoms with van der Waals surface area (Å²) in [5, 5.41) is 17.8. The van der Waals surface area contributed by atoms with E-state index in [1.807, 2.05) is 13.8 Å². The number of amides is 2. The molecule has 0 atom stereocenters. The summed E-state index contributed by atoms with van der Waals surface area (Å²) >= 11 is 14.8. The van der Waals surface area contributed by atoms with Crippen LogP contribution in [0.1, 0.15) is 13.8 Å². The zero-order chi connectivity index (χ0) is 17.7. The third kappa shape index (κ3) is 4.70. The van der Waals surface area contributed by atoms with Crippen LogP contribution in [0.5, 0.6) is 5.75 Å². The topological polar surface area (TPSA) is 64.6 Å². The van der Waals surface area contributed by atoms with E-state index in [2.05, 4.69) is 14.9 Å². The normalized spacial score (nSPS) is 10.9. The number of rotatable bonds is 6. The third-order valence-electron chi connectivity index (χ3n) is 3.10. The number of carbonyl (C=O) groups is 1. The second kappa shape index (κ2) is 8.82. The summed E-state index contributed by atoms with van der Waals surface area (Å²) in [7, 11) is 0. The van der Waals surface area contributed by atoms with E-state index in [4.69, 9.17) is 23.2 Å². The number of urea groups is 1. The predicted octanol–water partition coefficient (Wildman–Crippen LogP) is 5.75. The molecule has 0 saturated heterocycles. The van der Waals surface area contributed by atoms with Gasteiger partial charge in [0, 0.05) is 18.5 Å². The summed E-state index contributed by atoms with van der Waals surface area (Å²) in [6, 6.07) is 4.45. The lowest BCUT2D eigenvalue weighted by Gasteiger charge is -2.15. The lowest BCUT2D eigenvalue weighted by atomic mass is 10.3. The average Bonchev–Trinajstić information content (AvgIpc) is 2.89. The van der Waals surface area contributed by atoms with Crippen molar-refractivity contribution in [3.05, 3.63) is 33.6 Å². The van der Waals surface area contributed by atoms with E-state index in [1.54, 1.807) is 23.6 Å². The molecule has 1 aromatic carbocycles. The van der Waals surface area contributed by atoms with Crippen molar-refractivity contribution in [2.45, 2.75) is 18.1 Å². The first-order chi connectivity index (χ1) is 11.5. The van der Waals surface area contributed by atoms with Gasteiger partial charge in [-0.1, -0.05) is 43.1 Å². The molecule has 2 rings (SSSR count). The summed E-state index contributed by atoms with van der Waals surface area (Å²) in [6.07, 6.45) is 0. The number of hydrogen-bond acceptors (Lipinski definition) is 5. The Morgan fingerprint density at radius 3 is 2.58 bits per heavy atom. The van der Waals surface area contributed by atoms with Crippen LogP contribution in [0.4, 0.5) is 16.2 Å². The molecule has 0 unspecified atom stereocenters. The fourth-order valence-corrected chi connectivity index (χ4v) is 4.12. The Morgan fingerprint density at radius 2 is 1.92 bits per heavy atom. The number of anilines is 2. The zero-order valence-corrected chi connectivity index (χ0v) is 16.2. The van der Waals surface area contributed by atoms with E-state index in [9.17, 15) is 9.90 Å². The van der Waals surface area contributed by atoms with Gasteiger partial charge in [0.25, 0.3) is 0 Å². The van der Waals surface area contributed by atoms with E-state index >= 15 is 0 Å². The SMILES string of the molecule is CCN(CC)Sc1scc(NC(=O)Nc2cccc(Cl)c2Cl)c1O. The highest BCUT2D eigenvalue weighted by Gasteiger charge is 2.16. The van der Waals surface area contributed by atoms with E-state index in [0.717, 1.165) is 17.3 Å². The Labute approximate surface area is 159 Å². The van der Waals surface area contributed by atoms with Crippen LogP contribution in [-0.2, 0) is 0 Å². The van der Waals surface area contributed by atoms with E-state index in [-0.39, 0.29) is 10.8 Å². The molecular weight excluding hydrogens is 389 g/mol. The molecule has 24 heavy (non-hydrogen) atoms. The standard InChI is InChI=1S/C15H17Cl2N3O2S2/c1-3-20(4-2)24-14-13(21)11(8-23-14)19-15(22)18-10-7-5-6-9(16)12(10)17/h5-8,21H,3-4H2,1-2H3,(H2,18,19,22). The van der Waals surface area contributed by atoms with Crippen LogP contribution >= 0.6 is 46.5 Å². The Kier molecular flexibility index (Phi) is 7.06. The minimum atomic E-state index is -0.508. The predicted molar refractivity (Wildman–Crippen MR) is 104 cm³/mol. The van der Waals surface area contributed by atoms with Crippen molar-refractivity contribution in [2.24, 2.45) is 0 Å². The smallest absolute Gasteiger partial charge is 0.323 e. The molecule has 0 spiro atoms. The minimum absolute atomic E-state index is 0.0595. The molecule has 3 N–H and O–H groups in total. The maximum atomic E-state index is 12.1. The summed E-state index contributed by atoms with van der Waals surface area (Å²) in [4.78, 5) is 12.1. The largest absolute Gasteiger partial charge is 0.504 e. The van der Waals surface area contributed by atoms with Crippen molar-refractivity contribution in [2.75, 3.05) is 23.7 Å². The van der Waals surface area contributed by atoms with E-state index in [0.29, 0.717) is 16.4 Å². The number of nitrogens with one attached hydrogen (secondary N) is 2. The molecule has 0 saturated carbocycles. The molecule has 9 heteroatoms. The second-order valence-electron chi connectivity index (χ2n) is 4.67. The molecular formula is C15H17Cl2N3O2S2. The van der Waals surface area contributed by atoms with Crippen molar-refractivity contribution >= 4 is 63.9 Å². The highest BCUT2D eigenvalue weighted by Crippen LogP contribution is 2.42. The lowest BCUT2D eigenvalue weighted by Crippen LogP contribution is -2.19. The van der Waals surface area contributed by atoms with Crippen molar-refractivity contribution in [3.8, 4) is 5.75 Å². The van der Waals surface area contributed by atoms with Crippen LogP contribution in [0.15, 0.2) is 27.8 Å². The number of thiophene rings is 1. The Bertz CT molecular complexity index is 721. The maximum absolute atomic E-state index is 12.1. The van der Waals surface area contributed by atoms with Crippen molar-refractivity contribution in [3.63, 3.8) is 0 Å². The molecule has 1 heterocycles. The molecule has 0 aliphatic carbocycles. The lowest BCUT2D eigenvalue weighted by molar-refractivity contribution is 0.262. The molecule has 0 bridgehead atoms. The first-order valence-corrected chi connectivity index (χ1v) is 9.62. The minimum Gasteiger partial charge on any atom is -0.504 e.